The summed E-state index contributed by atoms with van der Waals surface area (Å²) in [6.07, 6.45) is 10.7. The molecule has 2 aliphatic rings. The number of nitrogens with one attached hydrogen (secondary N) is 2. The summed E-state index contributed by atoms with van der Waals surface area (Å²) in [7, 11) is 1.66. The number of hydrogen-bond acceptors (Lipinski definition) is 4. The highest BCUT2D eigenvalue weighted by molar-refractivity contribution is 6.01. The van der Waals surface area contributed by atoms with Crippen molar-refractivity contribution in [3.05, 3.63) is 100 Å². The first-order chi connectivity index (χ1) is 19.2. The number of ether oxygens (including phenoxy) is 1. The van der Waals surface area contributed by atoms with Gasteiger partial charge in [-0.15, -0.1) is 0 Å². The largest absolute Gasteiger partial charge is 0.496 e. The Morgan fingerprint density at radius 1 is 0.974 bits per heavy atom. The normalized spacial score (nSPS) is 19.3. The van der Waals surface area contributed by atoms with Crippen molar-refractivity contribution >= 4 is 35.0 Å². The van der Waals surface area contributed by atoms with E-state index in [4.69, 9.17) is 4.74 Å². The van der Waals surface area contributed by atoms with Crippen LogP contribution in [0.15, 0.2) is 72.3 Å². The molecule has 2 saturated heterocycles. The zero-order valence-corrected chi connectivity index (χ0v) is 22.3. The Kier molecular flexibility index (Phi) is 7.28. The number of nitrogens with zero attached hydrogens (tertiary/aromatic N) is 2. The van der Waals surface area contributed by atoms with E-state index in [1.165, 1.54) is 37.9 Å². The first-order valence-electron chi connectivity index (χ1n) is 13.8. The number of rotatable bonds is 7. The third-order valence-electron chi connectivity index (χ3n) is 7.76. The predicted octanol–water partition coefficient (Wildman–Crippen LogP) is 6.37. The predicted molar refractivity (Wildman–Crippen MR) is 157 cm³/mol. The van der Waals surface area contributed by atoms with Gasteiger partial charge in [0.1, 0.15) is 5.75 Å². The van der Waals surface area contributed by atoms with Gasteiger partial charge in [-0.2, -0.15) is 5.10 Å². The molecule has 198 valence electrons. The standard InChI is InChI=1S/C33H34N4O2/c1-39-32-8-4-3-7-28(32)30-21-26(33(38)34-30)19-25-13-15-27-29(35-36-31(27)20-25)16-14-23-9-11-24(12-10-23)22-37-17-5-2-6-18-37/h3-4,7-16,19-20,30H,2,5-6,17-18,21-22H2,1H3,(H,34,38)(H,35,36). The third kappa shape index (κ3) is 5.66. The van der Waals surface area contributed by atoms with Gasteiger partial charge in [0.25, 0.3) is 0 Å². The van der Waals surface area contributed by atoms with Gasteiger partial charge in [0.15, 0.2) is 0 Å². The Morgan fingerprint density at radius 3 is 2.59 bits per heavy atom. The van der Waals surface area contributed by atoms with Crippen molar-refractivity contribution in [2.45, 2.75) is 38.3 Å². The van der Waals surface area contributed by atoms with E-state index >= 15 is 0 Å². The van der Waals surface area contributed by atoms with Crippen molar-refractivity contribution in [3.8, 4) is 5.75 Å². The van der Waals surface area contributed by atoms with Gasteiger partial charge >= 0.3 is 0 Å². The Balaban J connectivity index is 1.14. The zero-order chi connectivity index (χ0) is 26.6. The summed E-state index contributed by atoms with van der Waals surface area (Å²) in [5.41, 5.74) is 7.09. The molecule has 0 bridgehead atoms. The minimum Gasteiger partial charge on any atom is -0.496 e. The summed E-state index contributed by atoms with van der Waals surface area (Å²) >= 11 is 0. The molecule has 6 rings (SSSR count). The van der Waals surface area contributed by atoms with Crippen molar-refractivity contribution in [1.29, 1.82) is 0 Å². The number of carbonyl (C=O) groups excluding carboxylic acids is 1. The number of hydrogen-bond donors (Lipinski definition) is 2. The van der Waals surface area contributed by atoms with Crippen LogP contribution >= 0.6 is 0 Å². The van der Waals surface area contributed by atoms with Crippen molar-refractivity contribution in [1.82, 2.24) is 20.4 Å². The summed E-state index contributed by atoms with van der Waals surface area (Å²) in [5.74, 6) is 0.748. The average Bonchev–Trinajstić information content (AvgIpc) is 3.55. The lowest BCUT2D eigenvalue weighted by atomic mass is 10.0. The van der Waals surface area contributed by atoms with Crippen LogP contribution in [-0.4, -0.2) is 41.2 Å². The topological polar surface area (TPSA) is 70.2 Å². The highest BCUT2D eigenvalue weighted by Gasteiger charge is 2.29. The molecule has 0 spiro atoms. The van der Waals surface area contributed by atoms with E-state index in [0.717, 1.165) is 51.2 Å². The van der Waals surface area contributed by atoms with Gasteiger partial charge in [-0.05, 0) is 73.0 Å². The number of H-pyrrole nitrogens is 1. The van der Waals surface area contributed by atoms with Crippen LogP contribution in [0.5, 0.6) is 5.75 Å². The second-order valence-electron chi connectivity index (χ2n) is 10.5. The first-order valence-corrected chi connectivity index (χ1v) is 13.8. The number of fused-ring (bicyclic) bond motifs is 1. The summed E-state index contributed by atoms with van der Waals surface area (Å²) in [6.45, 7) is 3.46. The Morgan fingerprint density at radius 2 is 1.77 bits per heavy atom. The SMILES string of the molecule is COc1ccccc1C1CC(=Cc2ccc3c(C=Cc4ccc(CN5CCCCC5)cc4)n[nH]c3c2)C(=O)N1. The van der Waals surface area contributed by atoms with E-state index in [1.807, 2.05) is 42.5 Å². The molecule has 0 radical (unpaired) electrons. The second kappa shape index (κ2) is 11.3. The van der Waals surface area contributed by atoms with Crippen LogP contribution in [0.2, 0.25) is 0 Å². The van der Waals surface area contributed by atoms with Crippen LogP contribution in [0.25, 0.3) is 29.1 Å². The van der Waals surface area contributed by atoms with Crippen molar-refractivity contribution < 1.29 is 9.53 Å². The fourth-order valence-corrected chi connectivity index (χ4v) is 5.64. The van der Waals surface area contributed by atoms with Crippen LogP contribution in [0, 0.1) is 0 Å². The molecule has 6 nitrogen and oxygen atoms in total. The van der Waals surface area contributed by atoms with Crippen LogP contribution in [0.4, 0.5) is 0 Å². The molecule has 1 atom stereocenters. The third-order valence-corrected chi connectivity index (χ3v) is 7.76. The van der Waals surface area contributed by atoms with E-state index in [0.29, 0.717) is 6.42 Å². The molecular weight excluding hydrogens is 484 g/mol. The van der Waals surface area contributed by atoms with Gasteiger partial charge < -0.3 is 10.1 Å². The molecule has 1 aromatic heterocycles. The van der Waals surface area contributed by atoms with Crippen LogP contribution in [0.3, 0.4) is 0 Å². The number of para-hydroxylation sites is 1. The fourth-order valence-electron chi connectivity index (χ4n) is 5.64. The van der Waals surface area contributed by atoms with Gasteiger partial charge in [-0.1, -0.05) is 61.0 Å². The number of likely N-dealkylation sites (tertiary alicyclic amines) is 1. The molecule has 1 unspecified atom stereocenters. The maximum Gasteiger partial charge on any atom is 0.247 e. The molecule has 1 amide bonds. The monoisotopic (exact) mass is 518 g/mol. The van der Waals surface area contributed by atoms with E-state index < -0.39 is 0 Å². The van der Waals surface area contributed by atoms with E-state index in [1.54, 1.807) is 7.11 Å². The van der Waals surface area contributed by atoms with E-state index in [9.17, 15) is 4.79 Å². The van der Waals surface area contributed by atoms with Gasteiger partial charge in [-0.3, -0.25) is 14.8 Å². The molecule has 39 heavy (non-hydrogen) atoms. The minimum atomic E-state index is -0.0913. The molecule has 6 heteroatoms. The molecule has 3 aromatic carbocycles. The van der Waals surface area contributed by atoms with Crippen LogP contribution < -0.4 is 10.1 Å². The van der Waals surface area contributed by atoms with Gasteiger partial charge in [-0.25, -0.2) is 0 Å². The number of methoxy groups -OCH3 is 1. The molecule has 2 fully saturated rings. The Hall–Kier alpha value is -4.16. The van der Waals surface area contributed by atoms with Gasteiger partial charge in [0.2, 0.25) is 5.91 Å². The molecule has 0 aliphatic carbocycles. The van der Waals surface area contributed by atoms with Crippen molar-refractivity contribution in [2.24, 2.45) is 0 Å². The van der Waals surface area contributed by atoms with Crippen LogP contribution in [0.1, 0.15) is 59.7 Å². The summed E-state index contributed by atoms with van der Waals surface area (Å²) in [5, 5.41) is 11.8. The van der Waals surface area contributed by atoms with E-state index in [2.05, 4.69) is 62.9 Å². The van der Waals surface area contributed by atoms with Crippen molar-refractivity contribution in [2.75, 3.05) is 20.2 Å². The minimum absolute atomic E-state index is 0.0406. The molecule has 2 N–H and O–H groups in total. The summed E-state index contributed by atoms with van der Waals surface area (Å²) < 4.78 is 5.49. The summed E-state index contributed by atoms with van der Waals surface area (Å²) in [6, 6.07) is 22.7. The summed E-state index contributed by atoms with van der Waals surface area (Å²) in [4.78, 5) is 15.3. The maximum absolute atomic E-state index is 12.7. The number of aromatic nitrogens is 2. The maximum atomic E-state index is 12.7. The number of benzene rings is 3. The fraction of sp³-hybridized carbons (Fsp3) is 0.273. The van der Waals surface area contributed by atoms with Crippen molar-refractivity contribution in [3.63, 3.8) is 0 Å². The highest BCUT2D eigenvalue weighted by atomic mass is 16.5. The second-order valence-corrected chi connectivity index (χ2v) is 10.5. The molecule has 2 aliphatic heterocycles. The number of aromatic amines is 1. The first kappa shape index (κ1) is 25.1. The Bertz CT molecular complexity index is 1530. The number of amides is 1. The number of piperidine rings is 1. The molecular formula is C33H34N4O2. The molecule has 0 saturated carbocycles. The van der Waals surface area contributed by atoms with Gasteiger partial charge in [0.05, 0.1) is 24.4 Å². The lowest BCUT2D eigenvalue weighted by Crippen LogP contribution is -2.28. The molecule has 4 aromatic rings. The number of carbonyl (C=O) groups is 1. The smallest absolute Gasteiger partial charge is 0.247 e. The zero-order valence-electron chi connectivity index (χ0n) is 22.3. The van der Waals surface area contributed by atoms with E-state index in [-0.39, 0.29) is 11.9 Å². The highest BCUT2D eigenvalue weighted by Crippen LogP contribution is 2.34. The van der Waals surface area contributed by atoms with Crippen LogP contribution in [-0.2, 0) is 11.3 Å². The Labute approximate surface area is 229 Å². The quantitative estimate of drug-likeness (QED) is 0.279. The molecule has 3 heterocycles. The lowest BCUT2D eigenvalue weighted by Gasteiger charge is -2.26. The van der Waals surface area contributed by atoms with Gasteiger partial charge in [0, 0.05) is 29.5 Å². The average molecular weight is 519 g/mol. The lowest BCUT2D eigenvalue weighted by molar-refractivity contribution is -0.116.